The number of carbonyl (C=O) groups excluding carboxylic acids is 1. The van der Waals surface area contributed by atoms with Crippen molar-refractivity contribution in [1.82, 2.24) is 9.88 Å². The lowest BCUT2D eigenvalue weighted by molar-refractivity contribution is 0.0527. The fraction of sp³-hybridized carbons (Fsp3) is 0.538. The van der Waals surface area contributed by atoms with Crippen molar-refractivity contribution >= 4 is 11.8 Å². The van der Waals surface area contributed by atoms with Crippen molar-refractivity contribution in [2.24, 2.45) is 0 Å². The van der Waals surface area contributed by atoms with Crippen LogP contribution in [0.4, 0.5) is 5.82 Å². The fourth-order valence-electron chi connectivity index (χ4n) is 2.14. The second-order valence-electron chi connectivity index (χ2n) is 4.51. The maximum absolute atomic E-state index is 11.8. The lowest BCUT2D eigenvalue weighted by Gasteiger charge is -2.15. The molecule has 2 rings (SSSR count). The molecule has 0 spiro atoms. The van der Waals surface area contributed by atoms with Gasteiger partial charge in [-0.25, -0.2) is 9.78 Å². The van der Waals surface area contributed by atoms with E-state index in [1.807, 2.05) is 0 Å². The highest BCUT2D eigenvalue weighted by molar-refractivity contribution is 5.94. The molecule has 1 unspecified atom stereocenters. The van der Waals surface area contributed by atoms with Gasteiger partial charge in [0, 0.05) is 18.8 Å². The van der Waals surface area contributed by atoms with Crippen molar-refractivity contribution in [3.8, 4) is 0 Å². The Morgan fingerprint density at radius 2 is 2.50 bits per heavy atom. The zero-order valence-electron chi connectivity index (χ0n) is 10.8. The van der Waals surface area contributed by atoms with E-state index in [1.165, 1.54) is 0 Å². The molecule has 0 aromatic carbocycles. The molecule has 1 aromatic heterocycles. The summed E-state index contributed by atoms with van der Waals surface area (Å²) in [6.07, 6.45) is 2.75. The Morgan fingerprint density at radius 1 is 1.67 bits per heavy atom. The first-order valence-corrected chi connectivity index (χ1v) is 6.28. The average molecular weight is 249 g/mol. The summed E-state index contributed by atoms with van der Waals surface area (Å²) in [7, 11) is 2.09. The summed E-state index contributed by atoms with van der Waals surface area (Å²) in [4.78, 5) is 18.3. The molecule has 5 nitrogen and oxygen atoms in total. The van der Waals surface area contributed by atoms with Crippen LogP contribution in [0, 0.1) is 0 Å². The van der Waals surface area contributed by atoms with Crippen LogP contribution in [0.5, 0.6) is 0 Å². The number of carbonyl (C=O) groups is 1. The average Bonchev–Trinajstić information content (AvgIpc) is 2.76. The number of rotatable bonds is 4. The van der Waals surface area contributed by atoms with Crippen LogP contribution < -0.4 is 5.32 Å². The van der Waals surface area contributed by atoms with Gasteiger partial charge in [0.2, 0.25) is 0 Å². The molecule has 0 aliphatic carbocycles. The molecule has 1 aliphatic heterocycles. The van der Waals surface area contributed by atoms with Crippen molar-refractivity contribution in [3.05, 3.63) is 23.9 Å². The molecule has 1 aromatic rings. The minimum atomic E-state index is -0.320. The smallest absolute Gasteiger partial charge is 0.341 e. The van der Waals surface area contributed by atoms with Gasteiger partial charge in [-0.15, -0.1) is 0 Å². The number of nitrogens with zero attached hydrogens (tertiary/aromatic N) is 2. The van der Waals surface area contributed by atoms with Crippen molar-refractivity contribution in [2.75, 3.05) is 32.1 Å². The molecule has 98 valence electrons. The molecule has 0 amide bonds. The number of likely N-dealkylation sites (N-methyl/N-ethyl adjacent to an activating group) is 1. The largest absolute Gasteiger partial charge is 0.462 e. The summed E-state index contributed by atoms with van der Waals surface area (Å²) >= 11 is 0. The Balaban J connectivity index is 2.10. The van der Waals surface area contributed by atoms with E-state index in [-0.39, 0.29) is 5.97 Å². The van der Waals surface area contributed by atoms with E-state index in [0.717, 1.165) is 19.5 Å². The summed E-state index contributed by atoms with van der Waals surface area (Å²) in [6, 6.07) is 3.84. The normalized spacial score (nSPS) is 19.8. The number of aromatic nitrogens is 1. The number of hydrogen-bond donors (Lipinski definition) is 1. The third-order valence-corrected chi connectivity index (χ3v) is 3.04. The number of pyridine rings is 1. The zero-order valence-corrected chi connectivity index (χ0v) is 10.8. The predicted octanol–water partition coefficient (Wildman–Crippen LogP) is 1.37. The summed E-state index contributed by atoms with van der Waals surface area (Å²) in [5.41, 5.74) is 0.508. The lowest BCUT2D eigenvalue weighted by atomic mass is 10.2. The SMILES string of the molecule is CCOC(=O)c1cccnc1NC1CCN(C)C1. The molecule has 5 heteroatoms. The Kier molecular flexibility index (Phi) is 4.15. The van der Waals surface area contributed by atoms with Gasteiger partial charge < -0.3 is 15.0 Å². The van der Waals surface area contributed by atoms with E-state index in [4.69, 9.17) is 4.74 Å². The number of ether oxygens (including phenoxy) is 1. The summed E-state index contributed by atoms with van der Waals surface area (Å²) in [5, 5.41) is 3.33. The first kappa shape index (κ1) is 12.8. The van der Waals surface area contributed by atoms with E-state index in [1.54, 1.807) is 25.3 Å². The van der Waals surface area contributed by atoms with Crippen LogP contribution in [0.3, 0.4) is 0 Å². The summed E-state index contributed by atoms with van der Waals surface area (Å²) in [5.74, 6) is 0.302. The Hall–Kier alpha value is -1.62. The first-order valence-electron chi connectivity index (χ1n) is 6.28. The maximum Gasteiger partial charge on any atom is 0.341 e. The monoisotopic (exact) mass is 249 g/mol. The molecular weight excluding hydrogens is 230 g/mol. The molecule has 0 saturated carbocycles. The fourth-order valence-corrected chi connectivity index (χ4v) is 2.14. The van der Waals surface area contributed by atoms with Crippen LogP contribution in [-0.2, 0) is 4.74 Å². The van der Waals surface area contributed by atoms with E-state index in [9.17, 15) is 4.79 Å². The number of hydrogen-bond acceptors (Lipinski definition) is 5. The number of anilines is 1. The lowest BCUT2D eigenvalue weighted by Crippen LogP contribution is -2.25. The molecule has 1 N–H and O–H groups in total. The van der Waals surface area contributed by atoms with E-state index < -0.39 is 0 Å². The quantitative estimate of drug-likeness (QED) is 0.817. The van der Waals surface area contributed by atoms with Gasteiger partial charge >= 0.3 is 5.97 Å². The second kappa shape index (κ2) is 5.82. The van der Waals surface area contributed by atoms with Gasteiger partial charge in [0.15, 0.2) is 0 Å². The number of esters is 1. The van der Waals surface area contributed by atoms with Gasteiger partial charge in [-0.3, -0.25) is 0 Å². The second-order valence-corrected chi connectivity index (χ2v) is 4.51. The molecule has 2 heterocycles. The number of nitrogens with one attached hydrogen (secondary N) is 1. The number of likely N-dealkylation sites (tertiary alicyclic amines) is 1. The third-order valence-electron chi connectivity index (χ3n) is 3.04. The molecule has 1 aliphatic rings. The molecule has 1 atom stereocenters. The maximum atomic E-state index is 11.8. The molecule has 18 heavy (non-hydrogen) atoms. The van der Waals surface area contributed by atoms with Crippen molar-refractivity contribution in [1.29, 1.82) is 0 Å². The summed E-state index contributed by atoms with van der Waals surface area (Å²) < 4.78 is 5.02. The molecule has 0 bridgehead atoms. The van der Waals surface area contributed by atoms with Crippen molar-refractivity contribution < 1.29 is 9.53 Å². The molecule has 1 fully saturated rings. The Labute approximate surface area is 107 Å². The standard InChI is InChI=1S/C13H19N3O2/c1-3-18-13(17)11-5-4-7-14-12(11)15-10-6-8-16(2)9-10/h4-5,7,10H,3,6,8-9H2,1-2H3,(H,14,15). The molecule has 0 radical (unpaired) electrons. The van der Waals surface area contributed by atoms with E-state index >= 15 is 0 Å². The highest BCUT2D eigenvalue weighted by Crippen LogP contribution is 2.17. The van der Waals surface area contributed by atoms with Crippen molar-refractivity contribution in [3.63, 3.8) is 0 Å². The van der Waals surface area contributed by atoms with Crippen LogP contribution >= 0.6 is 0 Å². The first-order chi connectivity index (χ1) is 8.70. The van der Waals surface area contributed by atoms with Crippen LogP contribution in [0.25, 0.3) is 0 Å². The third kappa shape index (κ3) is 2.98. The van der Waals surface area contributed by atoms with Crippen LogP contribution in [0.2, 0.25) is 0 Å². The summed E-state index contributed by atoms with van der Waals surface area (Å²) in [6.45, 7) is 4.21. The minimum Gasteiger partial charge on any atom is -0.462 e. The van der Waals surface area contributed by atoms with Crippen LogP contribution in [-0.4, -0.2) is 48.6 Å². The Morgan fingerprint density at radius 3 is 3.17 bits per heavy atom. The van der Waals surface area contributed by atoms with Crippen LogP contribution in [0.1, 0.15) is 23.7 Å². The topological polar surface area (TPSA) is 54.5 Å². The highest BCUT2D eigenvalue weighted by Gasteiger charge is 2.22. The molecular formula is C13H19N3O2. The van der Waals surface area contributed by atoms with Gasteiger partial charge in [0.25, 0.3) is 0 Å². The Bertz CT molecular complexity index is 422. The van der Waals surface area contributed by atoms with Gasteiger partial charge in [0.1, 0.15) is 11.4 Å². The van der Waals surface area contributed by atoms with Gasteiger partial charge in [-0.05, 0) is 39.1 Å². The van der Waals surface area contributed by atoms with Crippen LogP contribution in [0.15, 0.2) is 18.3 Å². The van der Waals surface area contributed by atoms with Gasteiger partial charge in [0.05, 0.1) is 6.61 Å². The molecule has 1 saturated heterocycles. The van der Waals surface area contributed by atoms with E-state index in [0.29, 0.717) is 24.0 Å². The van der Waals surface area contributed by atoms with Gasteiger partial charge in [-0.2, -0.15) is 0 Å². The van der Waals surface area contributed by atoms with Gasteiger partial charge in [-0.1, -0.05) is 0 Å². The highest BCUT2D eigenvalue weighted by atomic mass is 16.5. The predicted molar refractivity (Wildman–Crippen MR) is 69.7 cm³/mol. The van der Waals surface area contributed by atoms with E-state index in [2.05, 4.69) is 22.2 Å². The minimum absolute atomic E-state index is 0.320. The zero-order chi connectivity index (χ0) is 13.0. The van der Waals surface area contributed by atoms with Crippen molar-refractivity contribution in [2.45, 2.75) is 19.4 Å².